The van der Waals surface area contributed by atoms with Crippen LogP contribution in [0, 0.1) is 0 Å². The maximum Gasteiger partial charge on any atom is 0.124 e. The first-order chi connectivity index (χ1) is 8.22. The molecule has 4 heteroatoms. The summed E-state index contributed by atoms with van der Waals surface area (Å²) in [6.45, 7) is 0. The Morgan fingerprint density at radius 3 is 2.24 bits per heavy atom. The second kappa shape index (κ2) is 5.27. The fourth-order valence-electron chi connectivity index (χ4n) is 2.21. The lowest BCUT2D eigenvalue weighted by Crippen LogP contribution is -2.27. The van der Waals surface area contributed by atoms with E-state index < -0.39 is 0 Å². The number of aliphatic hydroxyl groups is 1. The van der Waals surface area contributed by atoms with Gasteiger partial charge in [-0.05, 0) is 19.3 Å². The molecule has 0 radical (unpaired) electrons. The number of ether oxygens (including phenoxy) is 2. The molecule has 2 rings (SSSR count). The van der Waals surface area contributed by atoms with Gasteiger partial charge in [0.15, 0.2) is 0 Å². The molecule has 1 aliphatic carbocycles. The Kier molecular flexibility index (Phi) is 3.74. The van der Waals surface area contributed by atoms with E-state index in [0.717, 1.165) is 36.4 Å². The zero-order chi connectivity index (χ0) is 12.3. The van der Waals surface area contributed by atoms with Crippen LogP contribution in [0.2, 0.25) is 0 Å². The van der Waals surface area contributed by atoms with Gasteiger partial charge in [0, 0.05) is 23.9 Å². The van der Waals surface area contributed by atoms with Crippen LogP contribution in [0.1, 0.15) is 19.3 Å². The third kappa shape index (κ3) is 2.82. The summed E-state index contributed by atoms with van der Waals surface area (Å²) in [5, 5.41) is 13.1. The molecule has 0 bridgehead atoms. The molecule has 2 atom stereocenters. The summed E-state index contributed by atoms with van der Waals surface area (Å²) in [7, 11) is 3.26. The number of anilines is 1. The minimum Gasteiger partial charge on any atom is -0.497 e. The van der Waals surface area contributed by atoms with Crippen LogP contribution < -0.4 is 14.8 Å². The third-order valence-electron chi connectivity index (χ3n) is 3.18. The highest BCUT2D eigenvalue weighted by atomic mass is 16.5. The molecule has 1 saturated carbocycles. The molecule has 1 aromatic rings. The van der Waals surface area contributed by atoms with Crippen molar-refractivity contribution in [1.82, 2.24) is 0 Å². The predicted molar refractivity (Wildman–Crippen MR) is 66.8 cm³/mol. The van der Waals surface area contributed by atoms with Gasteiger partial charge < -0.3 is 19.9 Å². The van der Waals surface area contributed by atoms with Crippen molar-refractivity contribution in [2.75, 3.05) is 19.5 Å². The Morgan fingerprint density at radius 1 is 1.12 bits per heavy atom. The predicted octanol–water partition coefficient (Wildman–Crippen LogP) is 2.03. The van der Waals surface area contributed by atoms with Gasteiger partial charge in [-0.25, -0.2) is 0 Å². The lowest BCUT2D eigenvalue weighted by atomic mass is 10.2. The van der Waals surface area contributed by atoms with E-state index in [2.05, 4.69) is 5.32 Å². The summed E-state index contributed by atoms with van der Waals surface area (Å²) in [6.07, 6.45) is 2.69. The molecule has 1 aromatic carbocycles. The molecule has 4 nitrogen and oxygen atoms in total. The number of methoxy groups -OCH3 is 2. The van der Waals surface area contributed by atoms with Gasteiger partial charge >= 0.3 is 0 Å². The molecule has 0 spiro atoms. The van der Waals surface area contributed by atoms with Crippen molar-refractivity contribution in [2.45, 2.75) is 31.4 Å². The first kappa shape index (κ1) is 12.0. The molecule has 0 aliphatic heterocycles. The summed E-state index contributed by atoms with van der Waals surface area (Å²) in [6, 6.07) is 5.78. The van der Waals surface area contributed by atoms with Crippen LogP contribution in [0.3, 0.4) is 0 Å². The number of benzene rings is 1. The Balaban J connectivity index is 2.14. The topological polar surface area (TPSA) is 50.7 Å². The highest BCUT2D eigenvalue weighted by Gasteiger charge is 2.25. The van der Waals surface area contributed by atoms with Crippen LogP contribution in [0.4, 0.5) is 5.69 Å². The molecule has 94 valence electrons. The average molecular weight is 237 g/mol. The van der Waals surface area contributed by atoms with Crippen molar-refractivity contribution in [2.24, 2.45) is 0 Å². The summed E-state index contributed by atoms with van der Waals surface area (Å²) in [5.41, 5.74) is 0.923. The molecule has 0 saturated heterocycles. The highest BCUT2D eigenvalue weighted by molar-refractivity contribution is 5.54. The summed E-state index contributed by atoms with van der Waals surface area (Å²) in [4.78, 5) is 0. The zero-order valence-electron chi connectivity index (χ0n) is 10.3. The lowest BCUT2D eigenvalue weighted by Gasteiger charge is -2.18. The first-order valence-corrected chi connectivity index (χ1v) is 5.90. The summed E-state index contributed by atoms with van der Waals surface area (Å²) in [5.74, 6) is 1.50. The smallest absolute Gasteiger partial charge is 0.124 e. The summed E-state index contributed by atoms with van der Waals surface area (Å²) < 4.78 is 10.4. The van der Waals surface area contributed by atoms with E-state index in [4.69, 9.17) is 9.47 Å². The SMILES string of the molecule is COc1cc(N[C@H]2CCC[C@@H]2O)cc(OC)c1. The van der Waals surface area contributed by atoms with Crippen LogP contribution >= 0.6 is 0 Å². The van der Waals surface area contributed by atoms with E-state index in [1.165, 1.54) is 0 Å². The zero-order valence-corrected chi connectivity index (χ0v) is 10.3. The van der Waals surface area contributed by atoms with Crippen molar-refractivity contribution in [3.05, 3.63) is 18.2 Å². The van der Waals surface area contributed by atoms with E-state index in [-0.39, 0.29) is 12.1 Å². The largest absolute Gasteiger partial charge is 0.497 e. The molecule has 0 aromatic heterocycles. The van der Waals surface area contributed by atoms with Crippen LogP contribution in [-0.4, -0.2) is 31.5 Å². The van der Waals surface area contributed by atoms with Crippen molar-refractivity contribution in [3.63, 3.8) is 0 Å². The Morgan fingerprint density at radius 2 is 1.76 bits per heavy atom. The maximum atomic E-state index is 9.78. The van der Waals surface area contributed by atoms with Gasteiger partial charge in [0.25, 0.3) is 0 Å². The number of nitrogens with one attached hydrogen (secondary N) is 1. The van der Waals surface area contributed by atoms with E-state index in [9.17, 15) is 5.11 Å². The van der Waals surface area contributed by atoms with Gasteiger partial charge in [-0.3, -0.25) is 0 Å². The Labute approximate surface area is 102 Å². The molecule has 2 N–H and O–H groups in total. The minimum absolute atomic E-state index is 0.131. The first-order valence-electron chi connectivity index (χ1n) is 5.90. The second-order valence-electron chi connectivity index (χ2n) is 4.35. The summed E-state index contributed by atoms with van der Waals surface area (Å²) >= 11 is 0. The van der Waals surface area contributed by atoms with Gasteiger partial charge in [-0.15, -0.1) is 0 Å². The van der Waals surface area contributed by atoms with Gasteiger partial charge in [-0.1, -0.05) is 0 Å². The molecular weight excluding hydrogens is 218 g/mol. The second-order valence-corrected chi connectivity index (χ2v) is 4.35. The molecule has 1 aliphatic rings. The van der Waals surface area contributed by atoms with Gasteiger partial charge in [0.05, 0.1) is 26.4 Å². The molecule has 1 fully saturated rings. The van der Waals surface area contributed by atoms with E-state index in [1.807, 2.05) is 18.2 Å². The van der Waals surface area contributed by atoms with Gasteiger partial charge in [-0.2, -0.15) is 0 Å². The van der Waals surface area contributed by atoms with Gasteiger partial charge in [0.2, 0.25) is 0 Å². The molecule has 0 amide bonds. The standard InChI is InChI=1S/C13H19NO3/c1-16-10-6-9(7-11(8-10)17-2)14-12-4-3-5-13(12)15/h6-8,12-15H,3-5H2,1-2H3/t12-,13-/m0/s1. The number of hydrogen-bond donors (Lipinski definition) is 2. The van der Waals surface area contributed by atoms with Gasteiger partial charge in [0.1, 0.15) is 11.5 Å². The maximum absolute atomic E-state index is 9.78. The third-order valence-corrected chi connectivity index (χ3v) is 3.18. The van der Waals surface area contributed by atoms with Crippen molar-refractivity contribution in [1.29, 1.82) is 0 Å². The van der Waals surface area contributed by atoms with Crippen LogP contribution in [-0.2, 0) is 0 Å². The van der Waals surface area contributed by atoms with Crippen molar-refractivity contribution < 1.29 is 14.6 Å². The Bertz CT molecular complexity index is 359. The fourth-order valence-corrected chi connectivity index (χ4v) is 2.21. The Hall–Kier alpha value is -1.42. The normalized spacial score (nSPS) is 23.5. The van der Waals surface area contributed by atoms with Crippen LogP contribution in [0.15, 0.2) is 18.2 Å². The monoisotopic (exact) mass is 237 g/mol. The molecule has 0 unspecified atom stereocenters. The highest BCUT2D eigenvalue weighted by Crippen LogP contribution is 2.29. The van der Waals surface area contributed by atoms with E-state index in [1.54, 1.807) is 14.2 Å². The van der Waals surface area contributed by atoms with E-state index >= 15 is 0 Å². The molecule has 17 heavy (non-hydrogen) atoms. The number of rotatable bonds is 4. The van der Waals surface area contributed by atoms with Crippen molar-refractivity contribution in [3.8, 4) is 11.5 Å². The van der Waals surface area contributed by atoms with Crippen LogP contribution in [0.25, 0.3) is 0 Å². The fraction of sp³-hybridized carbons (Fsp3) is 0.538. The minimum atomic E-state index is -0.257. The number of hydrogen-bond acceptors (Lipinski definition) is 4. The lowest BCUT2D eigenvalue weighted by molar-refractivity contribution is 0.172. The molecule has 0 heterocycles. The van der Waals surface area contributed by atoms with Crippen LogP contribution in [0.5, 0.6) is 11.5 Å². The quantitative estimate of drug-likeness (QED) is 0.841. The molecular formula is C13H19NO3. The van der Waals surface area contributed by atoms with E-state index in [0.29, 0.717) is 0 Å². The number of aliphatic hydroxyl groups excluding tert-OH is 1. The average Bonchev–Trinajstić information content (AvgIpc) is 2.74. The van der Waals surface area contributed by atoms with Crippen molar-refractivity contribution >= 4 is 5.69 Å².